The quantitative estimate of drug-likeness (QED) is 0.811. The summed E-state index contributed by atoms with van der Waals surface area (Å²) in [4.78, 5) is 14.1. The summed E-state index contributed by atoms with van der Waals surface area (Å²) in [7, 11) is 0. The molecule has 1 N–H and O–H groups in total. The summed E-state index contributed by atoms with van der Waals surface area (Å²) in [6, 6.07) is 0. The van der Waals surface area contributed by atoms with Gasteiger partial charge < -0.3 is 10.2 Å². The van der Waals surface area contributed by atoms with Crippen LogP contribution in [0.25, 0.3) is 0 Å². The molecule has 116 valence electrons. The Morgan fingerprint density at radius 1 is 1.24 bits per heavy atom. The Morgan fingerprint density at radius 3 is 2.62 bits per heavy atom. The number of nitrogens with one attached hydrogen (secondary N) is 1. The van der Waals surface area contributed by atoms with Crippen molar-refractivity contribution in [3.05, 3.63) is 18.1 Å². The van der Waals surface area contributed by atoms with Crippen LogP contribution in [0.2, 0.25) is 0 Å². The molecule has 1 aromatic rings. The van der Waals surface area contributed by atoms with Gasteiger partial charge in [-0.05, 0) is 39.8 Å². The lowest BCUT2D eigenvalue weighted by Gasteiger charge is -2.27. The fourth-order valence-corrected chi connectivity index (χ4v) is 2.72. The number of nitrogens with zero attached hydrogens (tertiary/aromatic N) is 4. The summed E-state index contributed by atoms with van der Waals surface area (Å²) in [5.74, 6) is 0.889. The number of hydrogen-bond donors (Lipinski definition) is 1. The largest absolute Gasteiger partial charge is 0.362 e. The van der Waals surface area contributed by atoms with Crippen LogP contribution in [0.4, 0.5) is 5.82 Å². The number of anilines is 1. The second-order valence-electron chi connectivity index (χ2n) is 5.28. The lowest BCUT2D eigenvalue weighted by molar-refractivity contribution is 0.225. The van der Waals surface area contributed by atoms with Crippen molar-refractivity contribution in [3.63, 3.8) is 0 Å². The highest BCUT2D eigenvalue weighted by atomic mass is 32.1. The fraction of sp³-hybridized carbons (Fsp3) is 0.667. The topological polar surface area (TPSA) is 44.3 Å². The summed E-state index contributed by atoms with van der Waals surface area (Å²) in [6.07, 6.45) is 7.44. The molecular weight excluding hydrogens is 282 g/mol. The summed E-state index contributed by atoms with van der Waals surface area (Å²) < 4.78 is 0. The third-order valence-corrected chi connectivity index (χ3v) is 4.21. The molecule has 0 atom stereocenters. The number of aromatic nitrogens is 2. The first-order valence-electron chi connectivity index (χ1n) is 7.82. The van der Waals surface area contributed by atoms with Crippen molar-refractivity contribution in [3.8, 4) is 0 Å². The summed E-state index contributed by atoms with van der Waals surface area (Å²) in [5, 5.41) is 3.31. The first kappa shape index (κ1) is 16.1. The van der Waals surface area contributed by atoms with Crippen LogP contribution in [0.3, 0.4) is 0 Å². The van der Waals surface area contributed by atoms with Crippen LogP contribution in [0.5, 0.6) is 0 Å². The summed E-state index contributed by atoms with van der Waals surface area (Å²) >= 11 is 5.45. The van der Waals surface area contributed by atoms with Gasteiger partial charge in [0, 0.05) is 13.1 Å². The molecule has 6 heteroatoms. The average molecular weight is 307 g/mol. The fourth-order valence-electron chi connectivity index (χ4n) is 2.56. The van der Waals surface area contributed by atoms with Crippen molar-refractivity contribution < 1.29 is 0 Å². The predicted octanol–water partition coefficient (Wildman–Crippen LogP) is 2.03. The molecule has 2 heterocycles. The minimum absolute atomic E-state index is 0.682. The molecule has 5 nitrogen and oxygen atoms in total. The molecule has 0 radical (unpaired) electrons. The van der Waals surface area contributed by atoms with E-state index in [9.17, 15) is 0 Å². The second-order valence-corrected chi connectivity index (χ2v) is 5.69. The molecule has 1 aromatic heterocycles. The minimum Gasteiger partial charge on any atom is -0.362 e. The van der Waals surface area contributed by atoms with Crippen molar-refractivity contribution in [1.29, 1.82) is 0 Å². The van der Waals surface area contributed by atoms with Crippen LogP contribution in [0, 0.1) is 0 Å². The third kappa shape index (κ3) is 4.61. The second kappa shape index (κ2) is 8.24. The molecule has 21 heavy (non-hydrogen) atoms. The van der Waals surface area contributed by atoms with Gasteiger partial charge in [-0.1, -0.05) is 18.6 Å². The van der Waals surface area contributed by atoms with Crippen molar-refractivity contribution in [2.75, 3.05) is 37.7 Å². The number of likely N-dealkylation sites (tertiary alicyclic amines) is 1. The Hall–Kier alpha value is -1.27. The van der Waals surface area contributed by atoms with Gasteiger partial charge in [-0.3, -0.25) is 9.88 Å². The van der Waals surface area contributed by atoms with Gasteiger partial charge in [0.25, 0.3) is 0 Å². The molecular formula is C15H25N5S. The highest BCUT2D eigenvalue weighted by molar-refractivity contribution is 7.80. The maximum atomic E-state index is 5.45. The maximum Gasteiger partial charge on any atom is 0.147 e. The van der Waals surface area contributed by atoms with E-state index < -0.39 is 0 Å². The number of rotatable bonds is 6. The Kier molecular flexibility index (Phi) is 6.32. The van der Waals surface area contributed by atoms with Crippen molar-refractivity contribution in [2.24, 2.45) is 0 Å². The summed E-state index contributed by atoms with van der Waals surface area (Å²) in [5.41, 5.74) is 0.756. The first-order valence-corrected chi connectivity index (χ1v) is 8.23. The van der Waals surface area contributed by atoms with Gasteiger partial charge in [-0.2, -0.15) is 0 Å². The van der Waals surface area contributed by atoms with E-state index in [1.165, 1.54) is 19.3 Å². The zero-order valence-corrected chi connectivity index (χ0v) is 13.8. The Labute approximate surface area is 132 Å². The lowest BCUT2D eigenvalue weighted by atomic mass is 10.1. The number of thiocarbonyl (C=S) groups is 1. The monoisotopic (exact) mass is 307 g/mol. The summed E-state index contributed by atoms with van der Waals surface area (Å²) in [6.45, 7) is 9.18. The van der Waals surface area contributed by atoms with E-state index in [1.807, 2.05) is 0 Å². The molecule has 1 saturated heterocycles. The van der Waals surface area contributed by atoms with Crippen LogP contribution < -0.4 is 10.2 Å². The van der Waals surface area contributed by atoms with Crippen LogP contribution in [0.1, 0.15) is 38.8 Å². The van der Waals surface area contributed by atoms with Gasteiger partial charge in [-0.25, -0.2) is 4.98 Å². The zero-order chi connectivity index (χ0) is 15.1. The van der Waals surface area contributed by atoms with E-state index in [-0.39, 0.29) is 0 Å². The zero-order valence-electron chi connectivity index (χ0n) is 13.0. The van der Waals surface area contributed by atoms with E-state index in [4.69, 9.17) is 12.2 Å². The molecule has 2 rings (SSSR count). The molecule has 0 aromatic carbocycles. The van der Waals surface area contributed by atoms with Crippen LogP contribution in [-0.2, 0) is 0 Å². The van der Waals surface area contributed by atoms with Gasteiger partial charge in [0.05, 0.1) is 19.1 Å². The van der Waals surface area contributed by atoms with Gasteiger partial charge in [0.15, 0.2) is 0 Å². The smallest absolute Gasteiger partial charge is 0.147 e. The molecule has 0 unspecified atom stereocenters. The van der Waals surface area contributed by atoms with Gasteiger partial charge in [0.1, 0.15) is 16.5 Å². The molecule has 0 spiro atoms. The highest BCUT2D eigenvalue weighted by Crippen LogP contribution is 2.10. The van der Waals surface area contributed by atoms with E-state index >= 15 is 0 Å². The van der Waals surface area contributed by atoms with Gasteiger partial charge in [-0.15, -0.1) is 0 Å². The average Bonchev–Trinajstić information content (AvgIpc) is 2.55. The molecule has 1 aliphatic heterocycles. The Bertz CT molecular complexity index is 455. The van der Waals surface area contributed by atoms with E-state index in [1.54, 1.807) is 12.4 Å². The normalized spacial score (nSPS) is 15.7. The SMILES string of the molecule is CCN(CC)c1cncc(C(=S)NCN2CCCCC2)n1. The number of piperidine rings is 1. The molecule has 1 aliphatic rings. The molecule has 0 bridgehead atoms. The predicted molar refractivity (Wildman–Crippen MR) is 90.7 cm³/mol. The van der Waals surface area contributed by atoms with Crippen molar-refractivity contribution in [1.82, 2.24) is 20.2 Å². The third-order valence-electron chi connectivity index (χ3n) is 3.85. The molecule has 1 fully saturated rings. The first-order chi connectivity index (χ1) is 10.2. The highest BCUT2D eigenvalue weighted by Gasteiger charge is 2.12. The van der Waals surface area contributed by atoms with Gasteiger partial charge in [0.2, 0.25) is 0 Å². The van der Waals surface area contributed by atoms with E-state index in [0.29, 0.717) is 4.99 Å². The van der Waals surface area contributed by atoms with Crippen molar-refractivity contribution in [2.45, 2.75) is 33.1 Å². The van der Waals surface area contributed by atoms with E-state index in [0.717, 1.165) is 44.4 Å². The minimum atomic E-state index is 0.682. The van der Waals surface area contributed by atoms with Gasteiger partial charge >= 0.3 is 0 Å². The van der Waals surface area contributed by atoms with Crippen LogP contribution in [-0.4, -0.2) is 52.7 Å². The van der Waals surface area contributed by atoms with E-state index in [2.05, 4.69) is 38.9 Å². The van der Waals surface area contributed by atoms with Crippen molar-refractivity contribution >= 4 is 23.0 Å². The lowest BCUT2D eigenvalue weighted by Crippen LogP contribution is -2.40. The van der Waals surface area contributed by atoms with Crippen LogP contribution in [0.15, 0.2) is 12.4 Å². The van der Waals surface area contributed by atoms with Crippen LogP contribution >= 0.6 is 12.2 Å². The molecule has 0 amide bonds. The molecule has 0 aliphatic carbocycles. The molecule has 0 saturated carbocycles. The standard InChI is InChI=1S/C15H25N5S/c1-3-20(4-2)14-11-16-10-13(18-14)15(21)17-12-19-8-6-5-7-9-19/h10-11H,3-9,12H2,1-2H3,(H,17,21). The maximum absolute atomic E-state index is 5.45. The number of hydrogen-bond acceptors (Lipinski definition) is 5. The Balaban J connectivity index is 1.93. The Morgan fingerprint density at radius 2 is 1.95 bits per heavy atom.